The van der Waals surface area contributed by atoms with Crippen molar-refractivity contribution in [2.75, 3.05) is 26.2 Å². The molecule has 3 heterocycles. The molecule has 3 aliphatic carbocycles. The average molecular weight is 538 g/mol. The number of alkyl halides is 3. The van der Waals surface area contributed by atoms with E-state index in [-0.39, 0.29) is 22.0 Å². The van der Waals surface area contributed by atoms with Gasteiger partial charge in [0, 0.05) is 43.9 Å². The van der Waals surface area contributed by atoms with Crippen LogP contribution < -0.4 is 10.3 Å². The van der Waals surface area contributed by atoms with Gasteiger partial charge < -0.3 is 14.2 Å². The zero-order valence-electron chi connectivity index (χ0n) is 21.2. The Kier molecular flexibility index (Phi) is 7.26. The maximum absolute atomic E-state index is 13.1. The van der Waals surface area contributed by atoms with Crippen molar-refractivity contribution in [2.24, 2.45) is 17.9 Å². The van der Waals surface area contributed by atoms with Crippen LogP contribution >= 0.6 is 11.3 Å². The van der Waals surface area contributed by atoms with Gasteiger partial charge in [-0.1, -0.05) is 17.4 Å². The number of hydrogen-bond acceptors (Lipinski definition) is 6. The van der Waals surface area contributed by atoms with Crippen LogP contribution in [0.4, 0.5) is 13.2 Å². The van der Waals surface area contributed by atoms with Gasteiger partial charge >= 0.3 is 6.18 Å². The third kappa shape index (κ3) is 5.95. The summed E-state index contributed by atoms with van der Waals surface area (Å²) < 4.78 is 43.6. The van der Waals surface area contributed by atoms with Gasteiger partial charge in [0.1, 0.15) is 0 Å². The van der Waals surface area contributed by atoms with Crippen molar-refractivity contribution < 1.29 is 22.7 Å². The summed E-state index contributed by atoms with van der Waals surface area (Å²) >= 11 is 1.25. The molecular weight excluding hydrogens is 503 g/mol. The first-order valence-corrected chi connectivity index (χ1v) is 14.0. The third-order valence-corrected chi connectivity index (χ3v) is 10.0. The van der Waals surface area contributed by atoms with Crippen molar-refractivity contribution in [3.05, 3.63) is 44.8 Å². The number of Topliss-reactive ketones (excluding diaryl/α,β-unsaturated/α-hetero) is 1. The molecule has 6 rings (SSSR count). The lowest BCUT2D eigenvalue weighted by molar-refractivity contribution is -0.153. The minimum Gasteiger partial charge on any atom is -0.460 e. The van der Waals surface area contributed by atoms with E-state index < -0.39 is 12.8 Å². The molecule has 3 saturated carbocycles. The van der Waals surface area contributed by atoms with E-state index in [1.807, 2.05) is 0 Å². The fraction of sp³-hybridized carbons (Fsp3) is 0.667. The lowest BCUT2D eigenvalue weighted by atomic mass is 9.51. The highest BCUT2D eigenvalue weighted by atomic mass is 32.1. The SMILES string of the molecule is Cn1c(C(=O)CC23CCC(CCN4CCc5nc(OCC(F)(F)F)sc5CC4)(CC2)CC3)cccc1=O. The van der Waals surface area contributed by atoms with Crippen LogP contribution in [-0.4, -0.2) is 52.7 Å². The summed E-state index contributed by atoms with van der Waals surface area (Å²) in [5.74, 6) is 0.0761. The standard InChI is InChI=1S/C27H34F3N3O3S/c1-32-20(3-2-4-23(32)35)21(34)17-26-10-7-25(8-11-26,9-12-26)13-16-33-14-5-19-22(6-15-33)37-24(31-19)36-18-27(28,29)30/h2-4H,5-18H2,1H3. The van der Waals surface area contributed by atoms with Crippen LogP contribution in [0.3, 0.4) is 0 Å². The molecule has 0 amide bonds. The number of rotatable bonds is 8. The zero-order valence-corrected chi connectivity index (χ0v) is 22.1. The van der Waals surface area contributed by atoms with Crippen molar-refractivity contribution in [1.29, 1.82) is 0 Å². The first-order chi connectivity index (χ1) is 17.6. The fourth-order valence-corrected chi connectivity index (χ4v) is 7.41. The van der Waals surface area contributed by atoms with Gasteiger partial charge in [0.25, 0.3) is 10.8 Å². The minimum absolute atomic E-state index is 0.0686. The number of carbonyl (C=O) groups is 1. The summed E-state index contributed by atoms with van der Waals surface area (Å²) in [5.41, 5.74) is 1.65. The molecule has 4 aliphatic rings. The first-order valence-electron chi connectivity index (χ1n) is 13.2. The van der Waals surface area contributed by atoms with E-state index >= 15 is 0 Å². The number of pyridine rings is 1. The Morgan fingerprint density at radius 1 is 1.08 bits per heavy atom. The van der Waals surface area contributed by atoms with E-state index in [9.17, 15) is 22.8 Å². The predicted molar refractivity (Wildman–Crippen MR) is 135 cm³/mol. The number of fused-ring (bicyclic) bond motifs is 4. The summed E-state index contributed by atoms with van der Waals surface area (Å²) in [5, 5.41) is 0.121. The maximum atomic E-state index is 13.1. The number of carbonyl (C=O) groups excluding carboxylic acids is 1. The van der Waals surface area contributed by atoms with Crippen LogP contribution in [-0.2, 0) is 19.9 Å². The van der Waals surface area contributed by atoms with Gasteiger partial charge in [-0.25, -0.2) is 4.98 Å². The number of halogens is 3. The van der Waals surface area contributed by atoms with Gasteiger partial charge in [-0.3, -0.25) is 9.59 Å². The molecule has 0 spiro atoms. The molecule has 0 unspecified atom stereocenters. The second-order valence-electron chi connectivity index (χ2n) is 11.3. The van der Waals surface area contributed by atoms with E-state index in [0.717, 1.165) is 88.0 Å². The lowest BCUT2D eigenvalue weighted by Gasteiger charge is -2.54. The summed E-state index contributed by atoms with van der Waals surface area (Å²) in [7, 11) is 1.67. The molecule has 10 heteroatoms. The second-order valence-corrected chi connectivity index (χ2v) is 12.3. The van der Waals surface area contributed by atoms with Gasteiger partial charge in [0.15, 0.2) is 12.4 Å². The van der Waals surface area contributed by atoms with Crippen molar-refractivity contribution >= 4 is 17.1 Å². The molecular formula is C27H34F3N3O3S. The summed E-state index contributed by atoms with van der Waals surface area (Å²) in [6.07, 6.45) is 5.51. The van der Waals surface area contributed by atoms with Crippen LogP contribution in [0.2, 0.25) is 0 Å². The van der Waals surface area contributed by atoms with Gasteiger partial charge in [-0.05, 0) is 74.8 Å². The average Bonchev–Trinajstić information content (AvgIpc) is 3.17. The van der Waals surface area contributed by atoms with E-state index in [4.69, 9.17) is 4.74 Å². The number of nitrogens with zero attached hydrogens (tertiary/aromatic N) is 3. The van der Waals surface area contributed by atoms with E-state index in [0.29, 0.717) is 17.5 Å². The molecule has 0 radical (unpaired) electrons. The molecule has 0 saturated heterocycles. The normalized spacial score (nSPS) is 26.1. The smallest absolute Gasteiger partial charge is 0.422 e. The molecule has 0 N–H and O–H groups in total. The molecule has 3 fully saturated rings. The van der Waals surface area contributed by atoms with Crippen molar-refractivity contribution in [3.8, 4) is 5.19 Å². The quantitative estimate of drug-likeness (QED) is 0.434. The zero-order chi connectivity index (χ0) is 26.3. The van der Waals surface area contributed by atoms with Gasteiger partial charge in [0.05, 0.1) is 11.4 Å². The Bertz CT molecular complexity index is 1160. The van der Waals surface area contributed by atoms with Gasteiger partial charge in [0.2, 0.25) is 0 Å². The molecule has 37 heavy (non-hydrogen) atoms. The highest BCUT2D eigenvalue weighted by Crippen LogP contribution is 2.59. The highest BCUT2D eigenvalue weighted by Gasteiger charge is 2.49. The van der Waals surface area contributed by atoms with Crippen molar-refractivity contribution in [3.63, 3.8) is 0 Å². The van der Waals surface area contributed by atoms with Crippen LogP contribution in [0.25, 0.3) is 0 Å². The number of ketones is 1. The van der Waals surface area contributed by atoms with Gasteiger partial charge in [-0.15, -0.1) is 0 Å². The van der Waals surface area contributed by atoms with E-state index in [1.54, 1.807) is 19.2 Å². The maximum Gasteiger partial charge on any atom is 0.422 e. The molecule has 0 aromatic carbocycles. The molecule has 202 valence electrons. The second kappa shape index (κ2) is 10.2. The summed E-state index contributed by atoms with van der Waals surface area (Å²) in [6.45, 7) is 1.47. The minimum atomic E-state index is -4.35. The number of aromatic nitrogens is 2. The number of ether oxygens (including phenoxy) is 1. The Morgan fingerprint density at radius 3 is 2.46 bits per heavy atom. The van der Waals surface area contributed by atoms with E-state index in [2.05, 4.69) is 9.88 Å². The molecule has 2 aromatic rings. The van der Waals surface area contributed by atoms with Gasteiger partial charge in [-0.2, -0.15) is 13.2 Å². The number of thiazole rings is 1. The molecule has 0 atom stereocenters. The van der Waals surface area contributed by atoms with Crippen LogP contribution in [0, 0.1) is 10.8 Å². The molecule has 2 aromatic heterocycles. The Hall–Kier alpha value is -2.20. The number of hydrogen-bond donors (Lipinski definition) is 0. The Balaban J connectivity index is 1.11. The third-order valence-electron chi connectivity index (χ3n) is 8.96. The largest absolute Gasteiger partial charge is 0.460 e. The monoisotopic (exact) mass is 537 g/mol. The Morgan fingerprint density at radius 2 is 1.76 bits per heavy atom. The van der Waals surface area contributed by atoms with Crippen LogP contribution in [0.1, 0.15) is 72.4 Å². The summed E-state index contributed by atoms with van der Waals surface area (Å²) in [4.78, 5) is 32.8. The topological polar surface area (TPSA) is 64.4 Å². The van der Waals surface area contributed by atoms with Crippen LogP contribution in [0.15, 0.2) is 23.0 Å². The first kappa shape index (κ1) is 26.4. The lowest BCUT2D eigenvalue weighted by Crippen LogP contribution is -2.44. The van der Waals surface area contributed by atoms with Crippen LogP contribution in [0.5, 0.6) is 5.19 Å². The molecule has 2 bridgehead atoms. The van der Waals surface area contributed by atoms with E-state index in [1.165, 1.54) is 22.0 Å². The Labute approximate surface area is 218 Å². The molecule has 6 nitrogen and oxygen atoms in total. The highest BCUT2D eigenvalue weighted by molar-refractivity contribution is 7.13. The van der Waals surface area contributed by atoms with Crippen molar-refractivity contribution in [2.45, 2.75) is 70.4 Å². The van der Waals surface area contributed by atoms with Crippen molar-refractivity contribution in [1.82, 2.24) is 14.5 Å². The predicted octanol–water partition coefficient (Wildman–Crippen LogP) is 5.19. The fourth-order valence-electron chi connectivity index (χ4n) is 6.47. The molecule has 1 aliphatic heterocycles. The summed E-state index contributed by atoms with van der Waals surface area (Å²) in [6, 6.07) is 4.90.